The van der Waals surface area contributed by atoms with Crippen molar-refractivity contribution < 1.29 is 17.6 Å². The predicted molar refractivity (Wildman–Crippen MR) is 178 cm³/mol. The second-order valence-corrected chi connectivity index (χ2v) is 14.7. The van der Waals surface area contributed by atoms with Gasteiger partial charge in [0.25, 0.3) is 0 Å². The molecule has 0 saturated carbocycles. The van der Waals surface area contributed by atoms with E-state index in [2.05, 4.69) is 26.7 Å². The van der Waals surface area contributed by atoms with E-state index in [9.17, 15) is 18.0 Å². The van der Waals surface area contributed by atoms with Gasteiger partial charge >= 0.3 is 5.69 Å². The molecule has 2 unspecified atom stereocenters. The highest BCUT2D eigenvalue weighted by Crippen LogP contribution is 2.45. The first-order valence-electron chi connectivity index (χ1n) is 15.4. The van der Waals surface area contributed by atoms with Gasteiger partial charge in [-0.25, -0.2) is 17.6 Å². The lowest BCUT2D eigenvalue weighted by Crippen LogP contribution is -2.61. The molecule has 2 aromatic carbocycles. The van der Waals surface area contributed by atoms with Crippen LogP contribution in [0.25, 0.3) is 38.6 Å². The number of nitrogens with zero attached hydrogens (tertiary/aromatic N) is 6. The average molecular weight is 656 g/mol. The Bertz CT molecular complexity index is 2330. The third kappa shape index (κ3) is 4.58. The number of piperazine rings is 1. The van der Waals surface area contributed by atoms with E-state index in [1.807, 2.05) is 46.8 Å². The Morgan fingerprint density at radius 3 is 2.66 bits per heavy atom. The number of aryl methyl sites for hydroxylation is 2. The van der Waals surface area contributed by atoms with Crippen LogP contribution in [-0.4, -0.2) is 74.9 Å². The van der Waals surface area contributed by atoms with Crippen molar-refractivity contribution in [1.82, 2.24) is 29.6 Å². The molecule has 2 aliphatic rings. The van der Waals surface area contributed by atoms with Gasteiger partial charge in [0.1, 0.15) is 10.7 Å². The van der Waals surface area contributed by atoms with Gasteiger partial charge in [0.2, 0.25) is 5.91 Å². The van der Waals surface area contributed by atoms with Crippen molar-refractivity contribution in [1.29, 1.82) is 0 Å². The number of hydrogen-bond acceptors (Lipinski definition) is 8. The van der Waals surface area contributed by atoms with Crippen LogP contribution in [0, 0.1) is 19.7 Å². The second-order valence-electron chi connectivity index (χ2n) is 12.8. The van der Waals surface area contributed by atoms with Gasteiger partial charge < -0.3 is 9.80 Å². The average Bonchev–Trinajstić information content (AvgIpc) is 3.45. The van der Waals surface area contributed by atoms with Gasteiger partial charge in [-0.15, -0.1) is 0 Å². The highest BCUT2D eigenvalue weighted by Gasteiger charge is 2.44. The van der Waals surface area contributed by atoms with E-state index < -0.39 is 44.1 Å². The lowest BCUT2D eigenvalue weighted by atomic mass is 9.95. The van der Waals surface area contributed by atoms with Crippen LogP contribution in [0.4, 0.5) is 10.2 Å². The lowest BCUT2D eigenvalue weighted by Gasteiger charge is -2.45. The van der Waals surface area contributed by atoms with E-state index in [-0.39, 0.29) is 47.2 Å². The van der Waals surface area contributed by atoms with Gasteiger partial charge in [0.15, 0.2) is 15.7 Å². The molecule has 1 saturated heterocycles. The molecule has 0 radical (unpaired) electrons. The third-order valence-corrected chi connectivity index (χ3v) is 11.2. The summed E-state index contributed by atoms with van der Waals surface area (Å²) in [7, 11) is -4.37. The Hall–Kier alpha value is -4.91. The zero-order chi connectivity index (χ0) is 33.5. The molecular formula is C34H34FN7O4S. The molecule has 3 aromatic heterocycles. The number of nitrogens with one attached hydrogen (secondary N) is 1. The lowest BCUT2D eigenvalue weighted by molar-refractivity contribution is -0.127. The molecule has 47 heavy (non-hydrogen) atoms. The molecule has 5 heterocycles. The van der Waals surface area contributed by atoms with Gasteiger partial charge in [-0.1, -0.05) is 26.5 Å². The van der Waals surface area contributed by atoms with E-state index in [0.717, 1.165) is 5.56 Å². The van der Waals surface area contributed by atoms with E-state index in [1.165, 1.54) is 15.5 Å². The van der Waals surface area contributed by atoms with Crippen LogP contribution in [0.15, 0.2) is 59.0 Å². The van der Waals surface area contributed by atoms with Crippen molar-refractivity contribution in [2.75, 3.05) is 23.7 Å². The SMILES string of the molecule is C=CC(=O)N1CC(C)N2c3nc(=O)n(-c4c(C)ccnc4C(C)C)c4cc(-c5c(C)ccc6[nH]ncc56)c(F)c(c34)S(=O)(=O)CC2C1. The predicted octanol–water partition coefficient (Wildman–Crippen LogP) is 4.58. The number of hydrogen-bond donors (Lipinski definition) is 1. The van der Waals surface area contributed by atoms with Crippen molar-refractivity contribution in [3.8, 4) is 16.8 Å². The van der Waals surface area contributed by atoms with Crippen LogP contribution in [-0.2, 0) is 14.6 Å². The fraction of sp³-hybridized carbons (Fsp3) is 0.324. The number of rotatable bonds is 4. The molecule has 5 aromatic rings. The van der Waals surface area contributed by atoms with Gasteiger partial charge in [-0.3, -0.25) is 19.4 Å². The van der Waals surface area contributed by atoms with Crippen LogP contribution >= 0.6 is 0 Å². The normalized spacial score (nSPS) is 18.9. The topological polar surface area (TPSA) is 134 Å². The van der Waals surface area contributed by atoms with Crippen molar-refractivity contribution in [3.63, 3.8) is 0 Å². The summed E-state index contributed by atoms with van der Waals surface area (Å²) in [6.45, 7) is 13.3. The Labute approximate surface area is 270 Å². The molecule has 0 aliphatic carbocycles. The van der Waals surface area contributed by atoms with Gasteiger partial charge in [0.05, 0.1) is 45.8 Å². The molecule has 11 nitrogen and oxygen atoms in total. The number of pyridine rings is 1. The van der Waals surface area contributed by atoms with Crippen LogP contribution in [0.3, 0.4) is 0 Å². The van der Waals surface area contributed by atoms with Crippen molar-refractivity contribution in [2.45, 2.75) is 57.5 Å². The summed E-state index contributed by atoms with van der Waals surface area (Å²) in [5.74, 6) is -1.78. The number of H-pyrrole nitrogens is 1. The minimum Gasteiger partial charge on any atom is -0.346 e. The second kappa shape index (κ2) is 10.8. The summed E-state index contributed by atoms with van der Waals surface area (Å²) in [4.78, 5) is 39.0. The standard InChI is InChI=1S/C34H34FN7O4S/c1-7-26(43)40-14-20(6)41-21(15-40)16-47(45,46)32-28-25(12-22(29(32)35)27-18(4)8-9-24-23(27)13-37-39-24)42(34(44)38-33(28)41)31-19(5)10-11-36-30(31)17(2)3/h7-13,17,20-21H,1,14-16H2,2-6H3,(H,37,39). The molecule has 0 spiro atoms. The smallest absolute Gasteiger partial charge is 0.346 e. The number of carbonyl (C=O) groups excluding carboxylic acids is 1. The molecule has 242 valence electrons. The van der Waals surface area contributed by atoms with Crippen LogP contribution in [0.5, 0.6) is 0 Å². The first-order valence-corrected chi connectivity index (χ1v) is 17.1. The first kappa shape index (κ1) is 30.7. The maximum atomic E-state index is 17.3. The maximum absolute atomic E-state index is 17.3. The third-order valence-electron chi connectivity index (χ3n) is 9.32. The summed E-state index contributed by atoms with van der Waals surface area (Å²) >= 11 is 0. The number of sulfone groups is 1. The molecule has 0 bridgehead atoms. The van der Waals surface area contributed by atoms with E-state index >= 15 is 4.39 Å². The van der Waals surface area contributed by atoms with Crippen molar-refractivity contribution in [3.05, 3.63) is 82.4 Å². The van der Waals surface area contributed by atoms with Crippen LogP contribution in [0.2, 0.25) is 0 Å². The number of carbonyl (C=O) groups is 1. The summed E-state index contributed by atoms with van der Waals surface area (Å²) < 4.78 is 47.8. The molecule has 7 rings (SSSR count). The highest BCUT2D eigenvalue weighted by atomic mass is 32.2. The minimum atomic E-state index is -4.37. The summed E-state index contributed by atoms with van der Waals surface area (Å²) in [6, 6.07) is 5.74. The fourth-order valence-electron chi connectivity index (χ4n) is 7.30. The molecule has 1 amide bonds. The van der Waals surface area contributed by atoms with Gasteiger partial charge in [0, 0.05) is 36.3 Å². The summed E-state index contributed by atoms with van der Waals surface area (Å²) in [6.07, 6.45) is 4.43. The number of halogens is 1. The molecule has 2 atom stereocenters. The minimum absolute atomic E-state index is 0.0231. The summed E-state index contributed by atoms with van der Waals surface area (Å²) in [5.41, 5.74) is 3.19. The fourth-order valence-corrected chi connectivity index (χ4v) is 9.13. The van der Waals surface area contributed by atoms with Crippen molar-refractivity contribution >= 4 is 43.4 Å². The quantitative estimate of drug-likeness (QED) is 0.278. The molecule has 2 aliphatic heterocycles. The largest absolute Gasteiger partial charge is 0.354 e. The number of fused-ring (bicyclic) bond motifs is 3. The molecule has 1 N–H and O–H groups in total. The van der Waals surface area contributed by atoms with Crippen LogP contribution in [0.1, 0.15) is 43.5 Å². The Balaban J connectivity index is 1.67. The van der Waals surface area contributed by atoms with E-state index in [4.69, 9.17) is 0 Å². The zero-order valence-corrected chi connectivity index (χ0v) is 27.5. The molecule has 13 heteroatoms. The van der Waals surface area contributed by atoms with E-state index in [1.54, 1.807) is 29.4 Å². The Morgan fingerprint density at radius 1 is 1.17 bits per heavy atom. The van der Waals surface area contributed by atoms with Gasteiger partial charge in [-0.05, 0) is 67.7 Å². The van der Waals surface area contributed by atoms with E-state index in [0.29, 0.717) is 33.4 Å². The Morgan fingerprint density at radius 2 is 1.94 bits per heavy atom. The Kier molecular flexibility index (Phi) is 7.08. The number of aromatic nitrogens is 5. The van der Waals surface area contributed by atoms with Crippen molar-refractivity contribution in [2.24, 2.45) is 0 Å². The zero-order valence-electron chi connectivity index (χ0n) is 26.7. The summed E-state index contributed by atoms with van der Waals surface area (Å²) in [5, 5.41) is 7.70. The highest BCUT2D eigenvalue weighted by molar-refractivity contribution is 7.91. The van der Waals surface area contributed by atoms with Gasteiger partial charge in [-0.2, -0.15) is 10.1 Å². The number of anilines is 1. The number of benzene rings is 2. The van der Waals surface area contributed by atoms with Crippen LogP contribution < -0.4 is 10.6 Å². The monoisotopic (exact) mass is 655 g/mol. The first-order chi connectivity index (χ1) is 22.3. The molecular weight excluding hydrogens is 621 g/mol. The number of aromatic amines is 1. The number of amides is 1. The maximum Gasteiger partial charge on any atom is 0.354 e. The molecule has 1 fully saturated rings.